The van der Waals surface area contributed by atoms with Crippen LogP contribution in [0.5, 0.6) is 11.5 Å². The maximum Gasteiger partial charge on any atom is 0.282 e. The molecule has 0 saturated heterocycles. The zero-order chi connectivity index (χ0) is 22.1. The number of methoxy groups -OCH3 is 2. The SMILES string of the molecule is COc1ccc(N2C(=O)C(Nc3ccc(C)c(Cl)c3)=C(c3cccs3)C2=O)cc1OC. The van der Waals surface area contributed by atoms with Crippen LogP contribution in [0.25, 0.3) is 5.57 Å². The number of anilines is 2. The fraction of sp³-hybridized carbons (Fsp3) is 0.130. The van der Waals surface area contributed by atoms with Crippen LogP contribution in [-0.2, 0) is 9.59 Å². The van der Waals surface area contributed by atoms with E-state index in [4.69, 9.17) is 21.1 Å². The lowest BCUT2D eigenvalue weighted by Gasteiger charge is -2.17. The zero-order valence-corrected chi connectivity index (χ0v) is 18.6. The maximum atomic E-state index is 13.4. The summed E-state index contributed by atoms with van der Waals surface area (Å²) >= 11 is 7.63. The van der Waals surface area contributed by atoms with Crippen molar-refractivity contribution in [2.45, 2.75) is 6.92 Å². The van der Waals surface area contributed by atoms with E-state index in [1.165, 1.54) is 25.6 Å². The Bertz CT molecular complexity index is 1200. The minimum Gasteiger partial charge on any atom is -0.493 e. The first-order valence-electron chi connectivity index (χ1n) is 9.36. The number of halogens is 1. The lowest BCUT2D eigenvalue weighted by atomic mass is 10.1. The summed E-state index contributed by atoms with van der Waals surface area (Å²) in [6.45, 7) is 1.89. The predicted molar refractivity (Wildman–Crippen MR) is 123 cm³/mol. The molecule has 0 atom stereocenters. The molecule has 1 N–H and O–H groups in total. The topological polar surface area (TPSA) is 67.9 Å². The van der Waals surface area contributed by atoms with Gasteiger partial charge in [-0.2, -0.15) is 0 Å². The van der Waals surface area contributed by atoms with Gasteiger partial charge >= 0.3 is 0 Å². The first-order valence-corrected chi connectivity index (χ1v) is 10.6. The van der Waals surface area contributed by atoms with Gasteiger partial charge in [0.25, 0.3) is 11.8 Å². The van der Waals surface area contributed by atoms with Crippen LogP contribution in [-0.4, -0.2) is 26.0 Å². The van der Waals surface area contributed by atoms with E-state index in [-0.39, 0.29) is 5.70 Å². The number of ether oxygens (including phenoxy) is 2. The molecule has 0 unspecified atom stereocenters. The molecular weight excluding hydrogens is 436 g/mol. The molecule has 31 heavy (non-hydrogen) atoms. The number of hydrogen-bond donors (Lipinski definition) is 1. The quantitative estimate of drug-likeness (QED) is 0.523. The van der Waals surface area contributed by atoms with Crippen LogP contribution in [0.15, 0.2) is 59.6 Å². The average molecular weight is 455 g/mol. The number of rotatable bonds is 6. The Hall–Kier alpha value is -3.29. The fourth-order valence-electron chi connectivity index (χ4n) is 3.31. The van der Waals surface area contributed by atoms with Crippen molar-refractivity contribution in [1.29, 1.82) is 0 Å². The van der Waals surface area contributed by atoms with Gasteiger partial charge in [-0.15, -0.1) is 11.3 Å². The number of hydrogen-bond acceptors (Lipinski definition) is 6. The zero-order valence-electron chi connectivity index (χ0n) is 17.1. The third-order valence-corrected chi connectivity index (χ3v) is 6.21. The molecule has 1 aliphatic rings. The molecule has 1 aliphatic heterocycles. The Morgan fingerprint density at radius 2 is 1.74 bits per heavy atom. The highest BCUT2D eigenvalue weighted by molar-refractivity contribution is 7.11. The Morgan fingerprint density at radius 3 is 2.39 bits per heavy atom. The minimum absolute atomic E-state index is 0.196. The third kappa shape index (κ3) is 3.78. The van der Waals surface area contributed by atoms with E-state index in [0.717, 1.165) is 10.5 Å². The summed E-state index contributed by atoms with van der Waals surface area (Å²) in [5.41, 5.74) is 2.43. The summed E-state index contributed by atoms with van der Waals surface area (Å²) in [6.07, 6.45) is 0. The highest BCUT2D eigenvalue weighted by Crippen LogP contribution is 2.38. The van der Waals surface area contributed by atoms with E-state index in [0.29, 0.717) is 38.3 Å². The molecule has 0 spiro atoms. The van der Waals surface area contributed by atoms with Gasteiger partial charge in [0.15, 0.2) is 11.5 Å². The van der Waals surface area contributed by atoms with E-state index in [1.54, 1.807) is 24.3 Å². The first kappa shape index (κ1) is 21.0. The van der Waals surface area contributed by atoms with E-state index < -0.39 is 11.8 Å². The Labute approximate surface area is 188 Å². The van der Waals surface area contributed by atoms with Crippen LogP contribution in [0.1, 0.15) is 10.4 Å². The van der Waals surface area contributed by atoms with Crippen molar-refractivity contribution in [3.63, 3.8) is 0 Å². The first-order chi connectivity index (χ1) is 14.9. The Balaban J connectivity index is 1.78. The number of carbonyl (C=O) groups is 2. The number of nitrogens with zero attached hydrogens (tertiary/aromatic N) is 1. The molecule has 6 nitrogen and oxygen atoms in total. The van der Waals surface area contributed by atoms with E-state index >= 15 is 0 Å². The predicted octanol–water partition coefficient (Wildman–Crippen LogP) is 5.12. The normalized spacial score (nSPS) is 13.7. The molecule has 2 heterocycles. The van der Waals surface area contributed by atoms with Crippen LogP contribution in [0.4, 0.5) is 11.4 Å². The van der Waals surface area contributed by atoms with Gasteiger partial charge < -0.3 is 14.8 Å². The van der Waals surface area contributed by atoms with Crippen molar-refractivity contribution in [2.75, 3.05) is 24.4 Å². The molecule has 1 aromatic heterocycles. The number of benzene rings is 2. The van der Waals surface area contributed by atoms with E-state index in [1.807, 2.05) is 36.6 Å². The van der Waals surface area contributed by atoms with Crippen molar-refractivity contribution < 1.29 is 19.1 Å². The van der Waals surface area contributed by atoms with Crippen LogP contribution in [0.3, 0.4) is 0 Å². The summed E-state index contributed by atoms with van der Waals surface area (Å²) in [5.74, 6) is 0.0483. The smallest absolute Gasteiger partial charge is 0.282 e. The number of amides is 2. The summed E-state index contributed by atoms with van der Waals surface area (Å²) in [5, 5.41) is 5.54. The van der Waals surface area contributed by atoms with E-state index in [9.17, 15) is 9.59 Å². The molecule has 0 bridgehead atoms. The van der Waals surface area contributed by atoms with Gasteiger partial charge in [-0.25, -0.2) is 4.90 Å². The largest absolute Gasteiger partial charge is 0.493 e. The van der Waals surface area contributed by atoms with Gasteiger partial charge in [-0.1, -0.05) is 23.7 Å². The van der Waals surface area contributed by atoms with Crippen molar-refractivity contribution in [3.05, 3.63) is 75.1 Å². The molecule has 158 valence electrons. The van der Waals surface area contributed by atoms with Gasteiger partial charge in [-0.3, -0.25) is 9.59 Å². The lowest BCUT2D eigenvalue weighted by molar-refractivity contribution is -0.120. The molecule has 0 fully saturated rings. The van der Waals surface area contributed by atoms with Crippen LogP contribution < -0.4 is 19.7 Å². The summed E-state index contributed by atoms with van der Waals surface area (Å²) in [4.78, 5) is 28.7. The average Bonchev–Trinajstić information content (AvgIpc) is 3.37. The number of imide groups is 1. The lowest BCUT2D eigenvalue weighted by Crippen LogP contribution is -2.32. The second kappa shape index (κ2) is 8.45. The number of aryl methyl sites for hydroxylation is 1. The minimum atomic E-state index is -0.461. The van der Waals surface area contributed by atoms with Crippen molar-refractivity contribution in [3.8, 4) is 11.5 Å². The standard InChI is InChI=1S/C23H19ClN2O4S/c1-13-6-7-14(11-16(13)24)25-21-20(19-5-4-10-31-19)22(27)26(23(21)28)15-8-9-17(29-2)18(12-15)30-3/h4-12,25H,1-3H3. The van der Waals surface area contributed by atoms with Gasteiger partial charge in [0, 0.05) is 21.7 Å². The molecule has 8 heteroatoms. The van der Waals surface area contributed by atoms with Gasteiger partial charge in [0.05, 0.1) is 25.5 Å². The van der Waals surface area contributed by atoms with Gasteiger partial charge in [0.1, 0.15) is 5.70 Å². The molecule has 0 radical (unpaired) electrons. The van der Waals surface area contributed by atoms with Crippen molar-refractivity contribution in [1.82, 2.24) is 0 Å². The molecular formula is C23H19ClN2O4S. The second-order valence-electron chi connectivity index (χ2n) is 6.80. The fourth-order valence-corrected chi connectivity index (χ4v) is 4.26. The van der Waals surface area contributed by atoms with Gasteiger partial charge in [-0.05, 0) is 48.2 Å². The third-order valence-electron chi connectivity index (χ3n) is 4.92. The number of carbonyl (C=O) groups excluding carboxylic acids is 2. The summed E-state index contributed by atoms with van der Waals surface area (Å²) in [7, 11) is 3.02. The number of nitrogens with one attached hydrogen (secondary N) is 1. The van der Waals surface area contributed by atoms with Crippen LogP contribution in [0, 0.1) is 6.92 Å². The monoisotopic (exact) mass is 454 g/mol. The van der Waals surface area contributed by atoms with Crippen molar-refractivity contribution >= 4 is 51.7 Å². The molecule has 3 aromatic rings. The highest BCUT2D eigenvalue weighted by Gasteiger charge is 2.41. The Kier molecular flexibility index (Phi) is 5.71. The molecule has 0 aliphatic carbocycles. The Morgan fingerprint density at radius 1 is 0.968 bits per heavy atom. The van der Waals surface area contributed by atoms with Crippen LogP contribution >= 0.6 is 22.9 Å². The molecule has 0 saturated carbocycles. The maximum absolute atomic E-state index is 13.4. The summed E-state index contributed by atoms with van der Waals surface area (Å²) < 4.78 is 10.6. The van der Waals surface area contributed by atoms with Gasteiger partial charge in [0.2, 0.25) is 0 Å². The summed E-state index contributed by atoms with van der Waals surface area (Å²) in [6, 6.07) is 14.0. The van der Waals surface area contributed by atoms with Crippen molar-refractivity contribution in [2.24, 2.45) is 0 Å². The molecule has 2 aromatic carbocycles. The molecule has 2 amide bonds. The molecule has 4 rings (SSSR count). The van der Waals surface area contributed by atoms with E-state index in [2.05, 4.69) is 5.32 Å². The number of thiophene rings is 1. The second-order valence-corrected chi connectivity index (χ2v) is 8.16. The highest BCUT2D eigenvalue weighted by atomic mass is 35.5. The van der Waals surface area contributed by atoms with Crippen LogP contribution in [0.2, 0.25) is 5.02 Å².